The third-order valence-corrected chi connectivity index (χ3v) is 9.94. The van der Waals surface area contributed by atoms with Crippen LogP contribution in [0.2, 0.25) is 5.15 Å². The van der Waals surface area contributed by atoms with Crippen molar-refractivity contribution in [1.29, 1.82) is 0 Å². The number of aromatic nitrogens is 1. The number of benzene rings is 4. The molecular formula is C38H37ClN2O6S. The van der Waals surface area contributed by atoms with Crippen molar-refractivity contribution in [2.24, 2.45) is 0 Å². The lowest BCUT2D eigenvalue weighted by Gasteiger charge is -2.25. The Balaban J connectivity index is 1.33. The smallest absolute Gasteiger partial charge is 0.341 e. The summed E-state index contributed by atoms with van der Waals surface area (Å²) in [6.07, 6.45) is 1.91. The van der Waals surface area contributed by atoms with Gasteiger partial charge in [-0.25, -0.2) is 18.2 Å². The van der Waals surface area contributed by atoms with Crippen molar-refractivity contribution in [3.63, 3.8) is 0 Å². The third-order valence-electron chi connectivity index (χ3n) is 7.95. The Morgan fingerprint density at radius 3 is 2.19 bits per heavy atom. The Morgan fingerprint density at radius 2 is 1.56 bits per heavy atom. The van der Waals surface area contributed by atoms with Crippen molar-refractivity contribution in [2.45, 2.75) is 48.3 Å². The lowest BCUT2D eigenvalue weighted by Crippen LogP contribution is -2.38. The summed E-state index contributed by atoms with van der Waals surface area (Å²) >= 11 is 5.96. The van der Waals surface area contributed by atoms with E-state index >= 15 is 0 Å². The second kappa shape index (κ2) is 16.0. The molecule has 0 bridgehead atoms. The molecule has 0 amide bonds. The van der Waals surface area contributed by atoms with Crippen molar-refractivity contribution >= 4 is 27.4 Å². The molecule has 5 rings (SSSR count). The lowest BCUT2D eigenvalue weighted by atomic mass is 9.96. The van der Waals surface area contributed by atoms with Crippen molar-refractivity contribution in [3.8, 4) is 5.75 Å². The van der Waals surface area contributed by atoms with E-state index in [1.807, 2.05) is 60.7 Å². The van der Waals surface area contributed by atoms with Crippen LogP contribution >= 0.6 is 11.6 Å². The highest BCUT2D eigenvalue weighted by atomic mass is 35.5. The molecule has 0 saturated carbocycles. The highest BCUT2D eigenvalue weighted by molar-refractivity contribution is 7.91. The molecule has 0 radical (unpaired) electrons. The zero-order valence-corrected chi connectivity index (χ0v) is 28.2. The predicted molar refractivity (Wildman–Crippen MR) is 185 cm³/mol. The van der Waals surface area contributed by atoms with Gasteiger partial charge in [-0.2, -0.15) is 0 Å². The standard InChI is InChI=1S/C38H37ClN2O6S/c1-26-21-32(38(43)46-2)37(47-25-29-11-7-4-8-12-29)34(22-26)48(44,45)31-16-13-27(14-17-31)19-20-40-33(23-28-9-5-3-6-10-28)36(42)30-15-18-35(39)41-24-30/h3-18,21-22,24,33,36,40,42H,19-20,23,25H2,1-2H3/t33?,36-/m1/s1. The first kappa shape index (κ1) is 34.8. The Kier molecular flexibility index (Phi) is 11.6. The summed E-state index contributed by atoms with van der Waals surface area (Å²) in [5, 5.41) is 15.1. The largest absolute Gasteiger partial charge is 0.487 e. The Labute approximate surface area is 286 Å². The zero-order valence-electron chi connectivity index (χ0n) is 26.7. The fraction of sp³-hybridized carbons (Fsp3) is 0.211. The molecule has 0 saturated heterocycles. The number of carbonyl (C=O) groups excluding carboxylic acids is 1. The molecule has 5 aromatic rings. The number of aryl methyl sites for hydroxylation is 1. The first-order valence-electron chi connectivity index (χ1n) is 15.5. The molecule has 10 heteroatoms. The van der Waals surface area contributed by atoms with Crippen molar-refractivity contribution < 1.29 is 27.8 Å². The van der Waals surface area contributed by atoms with Crippen LogP contribution in [0.15, 0.2) is 125 Å². The van der Waals surface area contributed by atoms with Gasteiger partial charge in [-0.1, -0.05) is 90.5 Å². The molecule has 0 fully saturated rings. The maximum absolute atomic E-state index is 14.0. The molecule has 1 unspecified atom stereocenters. The summed E-state index contributed by atoms with van der Waals surface area (Å²) in [5.74, 6) is -0.743. The minimum Gasteiger partial charge on any atom is -0.487 e. The molecule has 0 aliphatic carbocycles. The number of aliphatic hydroxyl groups excluding tert-OH is 1. The monoisotopic (exact) mass is 684 g/mol. The number of pyridine rings is 1. The quantitative estimate of drug-likeness (QED) is 0.0979. The summed E-state index contributed by atoms with van der Waals surface area (Å²) in [6, 6.07) is 32.0. The molecule has 4 aromatic carbocycles. The number of nitrogens with zero attached hydrogens (tertiary/aromatic N) is 1. The van der Waals surface area contributed by atoms with E-state index in [4.69, 9.17) is 21.1 Å². The van der Waals surface area contributed by atoms with Gasteiger partial charge in [0.2, 0.25) is 9.84 Å². The Hall–Kier alpha value is -4.54. The van der Waals surface area contributed by atoms with Gasteiger partial charge in [0.1, 0.15) is 22.2 Å². The molecule has 8 nitrogen and oxygen atoms in total. The van der Waals surface area contributed by atoms with Crippen molar-refractivity contribution in [3.05, 3.63) is 154 Å². The molecule has 2 N–H and O–H groups in total. The topological polar surface area (TPSA) is 115 Å². The second-order valence-corrected chi connectivity index (χ2v) is 13.7. The average molecular weight is 685 g/mol. The van der Waals surface area contributed by atoms with E-state index in [0.717, 1.165) is 16.7 Å². The van der Waals surface area contributed by atoms with E-state index in [1.165, 1.54) is 13.2 Å². The third kappa shape index (κ3) is 8.67. The number of sulfone groups is 1. The van der Waals surface area contributed by atoms with Gasteiger partial charge in [-0.15, -0.1) is 0 Å². The molecule has 0 spiro atoms. The highest BCUT2D eigenvalue weighted by Gasteiger charge is 2.28. The summed E-state index contributed by atoms with van der Waals surface area (Å²) in [5.41, 5.74) is 4.06. The lowest BCUT2D eigenvalue weighted by molar-refractivity contribution is 0.0594. The van der Waals surface area contributed by atoms with Crippen LogP contribution in [0.5, 0.6) is 5.75 Å². The number of carbonyl (C=O) groups is 1. The van der Waals surface area contributed by atoms with Crippen molar-refractivity contribution in [1.82, 2.24) is 10.3 Å². The summed E-state index contributed by atoms with van der Waals surface area (Å²) in [4.78, 5) is 16.8. The fourth-order valence-electron chi connectivity index (χ4n) is 5.40. The SMILES string of the molecule is COC(=O)c1cc(C)cc(S(=O)(=O)c2ccc(CCNC(Cc3ccccc3)[C@H](O)c3ccc(Cl)nc3)cc2)c1OCc1ccccc1. The number of halogens is 1. The van der Waals surface area contributed by atoms with Gasteiger partial charge in [-0.05, 0) is 78.9 Å². The average Bonchev–Trinajstić information content (AvgIpc) is 3.11. The number of nitrogens with one attached hydrogen (secondary N) is 1. The molecular weight excluding hydrogens is 648 g/mol. The second-order valence-electron chi connectivity index (χ2n) is 11.4. The van der Waals surface area contributed by atoms with Crippen LogP contribution < -0.4 is 10.1 Å². The summed E-state index contributed by atoms with van der Waals surface area (Å²) in [7, 11) is -2.84. The number of aliphatic hydroxyl groups is 1. The molecule has 2 atom stereocenters. The van der Waals surface area contributed by atoms with Crippen LogP contribution in [0, 0.1) is 6.92 Å². The van der Waals surface area contributed by atoms with Crippen LogP contribution in [0.25, 0.3) is 0 Å². The molecule has 0 aliphatic heterocycles. The molecule has 1 aromatic heterocycles. The van der Waals surface area contributed by atoms with Crippen molar-refractivity contribution in [2.75, 3.05) is 13.7 Å². The predicted octanol–water partition coefficient (Wildman–Crippen LogP) is 6.72. The Bertz CT molecular complexity index is 1920. The van der Waals surface area contributed by atoms with Gasteiger partial charge < -0.3 is 19.9 Å². The summed E-state index contributed by atoms with van der Waals surface area (Å²) < 4.78 is 39.0. The maximum Gasteiger partial charge on any atom is 0.341 e. The van der Waals surface area contributed by atoms with Gasteiger partial charge >= 0.3 is 5.97 Å². The highest BCUT2D eigenvalue weighted by Crippen LogP contribution is 2.35. The molecule has 1 heterocycles. The van der Waals surface area contributed by atoms with Gasteiger partial charge in [0.05, 0.1) is 18.1 Å². The summed E-state index contributed by atoms with van der Waals surface area (Å²) in [6.45, 7) is 2.31. The number of hydrogen-bond acceptors (Lipinski definition) is 8. The number of methoxy groups -OCH3 is 1. The number of ether oxygens (including phenoxy) is 2. The van der Waals surface area contributed by atoms with Crippen LogP contribution in [0.3, 0.4) is 0 Å². The zero-order chi connectivity index (χ0) is 34.1. The minimum atomic E-state index is -4.09. The van der Waals surface area contributed by atoms with E-state index in [9.17, 15) is 18.3 Å². The normalized spacial score (nSPS) is 12.7. The van der Waals surface area contributed by atoms with Gasteiger partial charge in [0.15, 0.2) is 5.75 Å². The van der Waals surface area contributed by atoms with E-state index in [-0.39, 0.29) is 33.8 Å². The van der Waals surface area contributed by atoms with E-state index in [0.29, 0.717) is 35.7 Å². The van der Waals surface area contributed by atoms with Gasteiger partial charge in [-0.3, -0.25) is 0 Å². The van der Waals surface area contributed by atoms with E-state index < -0.39 is 21.9 Å². The number of esters is 1. The first-order chi connectivity index (χ1) is 23.2. The molecule has 48 heavy (non-hydrogen) atoms. The maximum atomic E-state index is 14.0. The molecule has 0 aliphatic rings. The van der Waals surface area contributed by atoms with Crippen LogP contribution in [0.4, 0.5) is 0 Å². The minimum absolute atomic E-state index is 0.0383. The Morgan fingerprint density at radius 1 is 0.896 bits per heavy atom. The number of rotatable bonds is 14. The van der Waals surface area contributed by atoms with Gasteiger partial charge in [0, 0.05) is 17.8 Å². The number of hydrogen-bond donors (Lipinski definition) is 2. The van der Waals surface area contributed by atoms with E-state index in [2.05, 4.69) is 10.3 Å². The van der Waals surface area contributed by atoms with Gasteiger partial charge in [0.25, 0.3) is 0 Å². The van der Waals surface area contributed by atoms with E-state index in [1.54, 1.807) is 55.6 Å². The molecule has 248 valence electrons. The van der Waals surface area contributed by atoms with Crippen LogP contribution in [-0.2, 0) is 34.0 Å². The van der Waals surface area contributed by atoms with Crippen LogP contribution in [-0.4, -0.2) is 44.2 Å². The first-order valence-corrected chi connectivity index (χ1v) is 17.3. The fourth-order valence-corrected chi connectivity index (χ4v) is 7.02. The van der Waals surface area contributed by atoms with Crippen LogP contribution in [0.1, 0.15) is 44.3 Å².